The van der Waals surface area contributed by atoms with Crippen molar-refractivity contribution in [2.75, 3.05) is 12.3 Å². The van der Waals surface area contributed by atoms with Crippen LogP contribution in [0, 0.1) is 0 Å². The molecule has 0 saturated carbocycles. The van der Waals surface area contributed by atoms with E-state index in [0.717, 1.165) is 47.0 Å². The number of hydrogen-bond donors (Lipinski definition) is 2. The molecule has 3 N–H and O–H groups in total. The number of nitrogens with two attached hydrogens (primary N) is 1. The van der Waals surface area contributed by atoms with Crippen LogP contribution in [0.5, 0.6) is 5.75 Å². The van der Waals surface area contributed by atoms with Crippen molar-refractivity contribution in [3.8, 4) is 28.3 Å². The van der Waals surface area contributed by atoms with E-state index in [1.807, 2.05) is 42.5 Å². The minimum atomic E-state index is 0.737. The Hall–Kier alpha value is -2.75. The Bertz CT molecular complexity index is 826. The molecule has 3 rings (SSSR count). The number of ether oxygens (including phenoxy) is 1. The highest BCUT2D eigenvalue weighted by Crippen LogP contribution is 2.27. The van der Waals surface area contributed by atoms with E-state index in [1.54, 1.807) is 0 Å². The van der Waals surface area contributed by atoms with Gasteiger partial charge in [0.15, 0.2) is 0 Å². The van der Waals surface area contributed by atoms with Crippen LogP contribution >= 0.6 is 0 Å². The Balaban J connectivity index is 1.63. The molecular formula is C22H27N3O. The third-order valence-electron chi connectivity index (χ3n) is 4.42. The quantitative estimate of drug-likeness (QED) is 0.386. The van der Waals surface area contributed by atoms with Gasteiger partial charge < -0.3 is 10.5 Å². The maximum Gasteiger partial charge on any atom is 0.119 e. The third kappa shape index (κ3) is 4.88. The van der Waals surface area contributed by atoms with Crippen molar-refractivity contribution < 1.29 is 4.74 Å². The van der Waals surface area contributed by atoms with Crippen LogP contribution in [0.15, 0.2) is 54.6 Å². The zero-order valence-electron chi connectivity index (χ0n) is 15.4. The van der Waals surface area contributed by atoms with Crippen molar-refractivity contribution in [3.63, 3.8) is 0 Å². The number of aromatic nitrogens is 2. The van der Waals surface area contributed by atoms with Gasteiger partial charge in [-0.15, -0.1) is 0 Å². The molecule has 136 valence electrons. The molecule has 0 saturated heterocycles. The third-order valence-corrected chi connectivity index (χ3v) is 4.42. The van der Waals surface area contributed by atoms with Gasteiger partial charge in [-0.2, -0.15) is 5.10 Å². The maximum absolute atomic E-state index is 5.90. The van der Waals surface area contributed by atoms with Crippen molar-refractivity contribution >= 4 is 5.69 Å². The van der Waals surface area contributed by atoms with Crippen LogP contribution < -0.4 is 10.5 Å². The fraction of sp³-hybridized carbons (Fsp3) is 0.318. The lowest BCUT2D eigenvalue weighted by atomic mass is 10.1. The van der Waals surface area contributed by atoms with Crippen LogP contribution in [0.2, 0.25) is 0 Å². The number of nitrogen functional groups attached to an aromatic ring is 1. The van der Waals surface area contributed by atoms with Gasteiger partial charge >= 0.3 is 0 Å². The largest absolute Gasteiger partial charge is 0.494 e. The summed E-state index contributed by atoms with van der Waals surface area (Å²) in [6.07, 6.45) is 6.21. The molecule has 0 spiro atoms. The molecule has 0 aliphatic carbocycles. The normalized spacial score (nSPS) is 10.8. The van der Waals surface area contributed by atoms with Crippen molar-refractivity contribution in [2.45, 2.75) is 39.0 Å². The molecule has 0 unspecified atom stereocenters. The molecule has 0 bridgehead atoms. The number of benzene rings is 2. The van der Waals surface area contributed by atoms with Crippen LogP contribution in [0.1, 0.15) is 39.0 Å². The lowest BCUT2D eigenvalue weighted by molar-refractivity contribution is 0.304. The average molecular weight is 349 g/mol. The SMILES string of the molecule is CCCCCCCOc1cccc(-c2cc(-c3cccc(N)c3)n[nH]2)c1. The highest BCUT2D eigenvalue weighted by Gasteiger charge is 2.07. The van der Waals surface area contributed by atoms with E-state index < -0.39 is 0 Å². The molecule has 3 aromatic rings. The summed E-state index contributed by atoms with van der Waals surface area (Å²) in [5.41, 5.74) is 10.5. The van der Waals surface area contributed by atoms with Gasteiger partial charge in [0.1, 0.15) is 5.75 Å². The average Bonchev–Trinajstić information content (AvgIpc) is 3.15. The first-order chi connectivity index (χ1) is 12.8. The number of hydrogen-bond acceptors (Lipinski definition) is 3. The highest BCUT2D eigenvalue weighted by atomic mass is 16.5. The number of nitrogens with zero attached hydrogens (tertiary/aromatic N) is 1. The van der Waals surface area contributed by atoms with E-state index in [-0.39, 0.29) is 0 Å². The van der Waals surface area contributed by atoms with Gasteiger partial charge in [0.25, 0.3) is 0 Å². The minimum Gasteiger partial charge on any atom is -0.494 e. The van der Waals surface area contributed by atoms with Gasteiger partial charge in [-0.25, -0.2) is 0 Å². The van der Waals surface area contributed by atoms with Gasteiger partial charge in [-0.3, -0.25) is 5.10 Å². The molecule has 0 aliphatic heterocycles. The number of unbranched alkanes of at least 4 members (excludes halogenated alkanes) is 4. The zero-order chi connectivity index (χ0) is 18.2. The van der Waals surface area contributed by atoms with Crippen molar-refractivity contribution in [1.29, 1.82) is 0 Å². The Labute approximate surface area is 155 Å². The summed E-state index contributed by atoms with van der Waals surface area (Å²) in [5, 5.41) is 7.53. The molecule has 0 aliphatic rings. The fourth-order valence-electron chi connectivity index (χ4n) is 2.96. The summed E-state index contributed by atoms with van der Waals surface area (Å²) >= 11 is 0. The van der Waals surface area contributed by atoms with Crippen LogP contribution in [-0.2, 0) is 0 Å². The van der Waals surface area contributed by atoms with Crippen LogP contribution in [0.4, 0.5) is 5.69 Å². The van der Waals surface area contributed by atoms with Crippen LogP contribution in [0.3, 0.4) is 0 Å². The van der Waals surface area contributed by atoms with Gasteiger partial charge in [0, 0.05) is 16.8 Å². The molecule has 1 heterocycles. The van der Waals surface area contributed by atoms with Gasteiger partial charge in [0.05, 0.1) is 18.0 Å². The Morgan fingerprint density at radius 2 is 1.73 bits per heavy atom. The number of rotatable bonds is 9. The first-order valence-electron chi connectivity index (χ1n) is 9.41. The van der Waals surface area contributed by atoms with Gasteiger partial charge in [-0.1, -0.05) is 56.9 Å². The van der Waals surface area contributed by atoms with E-state index >= 15 is 0 Å². The zero-order valence-corrected chi connectivity index (χ0v) is 15.4. The predicted molar refractivity (Wildman–Crippen MR) is 108 cm³/mol. The van der Waals surface area contributed by atoms with E-state index in [4.69, 9.17) is 10.5 Å². The first-order valence-corrected chi connectivity index (χ1v) is 9.41. The van der Waals surface area contributed by atoms with Gasteiger partial charge in [-0.05, 0) is 36.8 Å². The topological polar surface area (TPSA) is 63.9 Å². The lowest BCUT2D eigenvalue weighted by Gasteiger charge is -2.07. The van der Waals surface area contributed by atoms with E-state index in [2.05, 4.69) is 29.3 Å². The molecule has 4 nitrogen and oxygen atoms in total. The Morgan fingerprint density at radius 3 is 2.58 bits per heavy atom. The number of H-pyrrole nitrogens is 1. The molecule has 2 aromatic carbocycles. The summed E-state index contributed by atoms with van der Waals surface area (Å²) in [5.74, 6) is 0.901. The summed E-state index contributed by atoms with van der Waals surface area (Å²) in [4.78, 5) is 0. The van der Waals surface area contributed by atoms with Crippen molar-refractivity contribution in [2.24, 2.45) is 0 Å². The molecule has 4 heteroatoms. The molecule has 0 atom stereocenters. The number of nitrogens with one attached hydrogen (secondary N) is 1. The molecule has 0 radical (unpaired) electrons. The second-order valence-corrected chi connectivity index (χ2v) is 6.58. The highest BCUT2D eigenvalue weighted by molar-refractivity contribution is 5.70. The minimum absolute atomic E-state index is 0.737. The second kappa shape index (κ2) is 9.09. The standard InChI is InChI=1S/C22H27N3O/c1-2-3-4-5-6-13-26-20-12-8-10-18(15-20)22-16-21(24-25-22)17-9-7-11-19(23)14-17/h7-12,14-16H,2-6,13,23H2,1H3,(H,24,25). The van der Waals surface area contributed by atoms with E-state index in [0.29, 0.717) is 0 Å². The lowest BCUT2D eigenvalue weighted by Crippen LogP contribution is -1.97. The van der Waals surface area contributed by atoms with Crippen molar-refractivity contribution in [3.05, 3.63) is 54.6 Å². The summed E-state index contributed by atoms with van der Waals surface area (Å²) < 4.78 is 5.90. The van der Waals surface area contributed by atoms with E-state index in [9.17, 15) is 0 Å². The predicted octanol–water partition coefficient (Wildman–Crippen LogP) is 5.68. The molecular weight excluding hydrogens is 322 g/mol. The first kappa shape index (κ1) is 18.1. The van der Waals surface area contributed by atoms with Crippen molar-refractivity contribution in [1.82, 2.24) is 10.2 Å². The number of anilines is 1. The summed E-state index contributed by atoms with van der Waals surface area (Å²) in [7, 11) is 0. The second-order valence-electron chi connectivity index (χ2n) is 6.58. The molecule has 1 aromatic heterocycles. The van der Waals surface area contributed by atoms with E-state index in [1.165, 1.54) is 25.7 Å². The smallest absolute Gasteiger partial charge is 0.119 e. The van der Waals surface area contributed by atoms with Crippen LogP contribution in [0.25, 0.3) is 22.5 Å². The molecule has 0 amide bonds. The Kier molecular flexibility index (Phi) is 6.31. The number of aromatic amines is 1. The molecule has 0 fully saturated rings. The maximum atomic E-state index is 5.90. The molecule has 26 heavy (non-hydrogen) atoms. The summed E-state index contributed by atoms with van der Waals surface area (Å²) in [6, 6.07) is 17.9. The van der Waals surface area contributed by atoms with Crippen LogP contribution in [-0.4, -0.2) is 16.8 Å². The Morgan fingerprint density at radius 1 is 0.923 bits per heavy atom. The fourth-order valence-corrected chi connectivity index (χ4v) is 2.96. The monoisotopic (exact) mass is 349 g/mol. The van der Waals surface area contributed by atoms with Gasteiger partial charge in [0.2, 0.25) is 0 Å². The summed E-state index contributed by atoms with van der Waals surface area (Å²) in [6.45, 7) is 3.00.